The topological polar surface area (TPSA) is 75.6 Å². The Kier molecular flexibility index (Phi) is 3.79. The number of anilines is 2. The molecule has 6 nitrogen and oxygen atoms in total. The van der Waals surface area contributed by atoms with Crippen LogP contribution < -0.4 is 10.6 Å². The first-order valence-electron chi connectivity index (χ1n) is 6.42. The zero-order valence-electron chi connectivity index (χ0n) is 11.3. The molecule has 3 aromatic rings. The number of aromatic nitrogens is 4. The van der Waals surface area contributed by atoms with Crippen molar-refractivity contribution in [3.05, 3.63) is 47.4 Å². The van der Waals surface area contributed by atoms with Gasteiger partial charge in [0.1, 0.15) is 0 Å². The number of nitrogens with one attached hydrogen (secondary N) is 2. The summed E-state index contributed by atoms with van der Waals surface area (Å²) in [6, 6.07) is 10.0. The Hall–Kier alpha value is -2.47. The van der Waals surface area contributed by atoms with Crippen molar-refractivity contribution in [1.29, 1.82) is 0 Å². The third-order valence-electron chi connectivity index (χ3n) is 2.98. The standard InChI is InChI=1S/C14H13ClN6/c1-16-13-19-12(15)20-14(21-13)18-8-10-5-2-4-9-6-3-7-17-11(9)10/h2-7H,8H2,1H3,(H2,16,18,19,20,21). The van der Waals surface area contributed by atoms with Crippen LogP contribution in [-0.2, 0) is 6.54 Å². The van der Waals surface area contributed by atoms with Crippen molar-refractivity contribution in [2.45, 2.75) is 6.54 Å². The van der Waals surface area contributed by atoms with Crippen LogP contribution in [0.5, 0.6) is 0 Å². The van der Waals surface area contributed by atoms with Gasteiger partial charge in [0.25, 0.3) is 0 Å². The van der Waals surface area contributed by atoms with Crippen molar-refractivity contribution in [2.75, 3.05) is 17.7 Å². The number of halogens is 1. The highest BCUT2D eigenvalue weighted by Gasteiger charge is 2.05. The van der Waals surface area contributed by atoms with Gasteiger partial charge in [0.15, 0.2) is 0 Å². The summed E-state index contributed by atoms with van der Waals surface area (Å²) in [4.78, 5) is 16.6. The Morgan fingerprint density at radius 1 is 1.05 bits per heavy atom. The summed E-state index contributed by atoms with van der Waals surface area (Å²) in [5, 5.41) is 7.22. The molecular formula is C14H13ClN6. The summed E-state index contributed by atoms with van der Waals surface area (Å²) in [7, 11) is 1.73. The summed E-state index contributed by atoms with van der Waals surface area (Å²) >= 11 is 5.85. The molecule has 0 radical (unpaired) electrons. The molecule has 0 bridgehead atoms. The lowest BCUT2D eigenvalue weighted by molar-refractivity contribution is 1.00. The normalized spacial score (nSPS) is 10.6. The van der Waals surface area contributed by atoms with Gasteiger partial charge in [0, 0.05) is 25.2 Å². The Morgan fingerprint density at radius 3 is 2.71 bits per heavy atom. The van der Waals surface area contributed by atoms with Crippen molar-refractivity contribution >= 4 is 34.4 Å². The maximum Gasteiger partial charge on any atom is 0.229 e. The number of para-hydroxylation sites is 1. The lowest BCUT2D eigenvalue weighted by Crippen LogP contribution is -2.07. The number of fused-ring (bicyclic) bond motifs is 1. The second-order valence-corrected chi connectivity index (χ2v) is 4.69. The highest BCUT2D eigenvalue weighted by Crippen LogP contribution is 2.17. The Labute approximate surface area is 126 Å². The number of nitrogens with zero attached hydrogens (tertiary/aromatic N) is 4. The van der Waals surface area contributed by atoms with Crippen molar-refractivity contribution in [3.8, 4) is 0 Å². The Bertz CT molecular complexity index is 771. The largest absolute Gasteiger partial charge is 0.357 e. The molecule has 0 saturated carbocycles. The molecule has 106 valence electrons. The molecule has 2 aromatic heterocycles. The van der Waals surface area contributed by atoms with Crippen LogP contribution >= 0.6 is 11.6 Å². The summed E-state index contributed by atoms with van der Waals surface area (Å²) in [5.41, 5.74) is 2.03. The van der Waals surface area contributed by atoms with Crippen molar-refractivity contribution in [1.82, 2.24) is 19.9 Å². The Morgan fingerprint density at radius 2 is 1.86 bits per heavy atom. The first-order valence-corrected chi connectivity index (χ1v) is 6.80. The molecule has 1 aromatic carbocycles. The van der Waals surface area contributed by atoms with Gasteiger partial charge in [0.05, 0.1) is 5.52 Å². The molecule has 0 amide bonds. The van der Waals surface area contributed by atoms with Crippen molar-refractivity contribution < 1.29 is 0 Å². The second-order valence-electron chi connectivity index (χ2n) is 4.35. The molecule has 0 aliphatic carbocycles. The molecule has 3 rings (SSSR count). The SMILES string of the molecule is CNc1nc(Cl)nc(NCc2cccc3cccnc23)n1. The van der Waals surface area contributed by atoms with Crippen LogP contribution in [0, 0.1) is 0 Å². The van der Waals surface area contributed by atoms with E-state index in [1.807, 2.05) is 30.3 Å². The number of hydrogen-bond donors (Lipinski definition) is 2. The van der Waals surface area contributed by atoms with Gasteiger partial charge in [-0.2, -0.15) is 15.0 Å². The molecule has 0 saturated heterocycles. The maximum absolute atomic E-state index is 5.85. The molecule has 0 fully saturated rings. The van der Waals surface area contributed by atoms with Gasteiger partial charge < -0.3 is 10.6 Å². The maximum atomic E-state index is 5.85. The van der Waals surface area contributed by atoms with Crippen LogP contribution in [0.15, 0.2) is 36.5 Å². The lowest BCUT2D eigenvalue weighted by atomic mass is 10.1. The van der Waals surface area contributed by atoms with E-state index in [1.165, 1.54) is 0 Å². The average Bonchev–Trinajstić information content (AvgIpc) is 2.52. The predicted octanol–water partition coefficient (Wildman–Crippen LogP) is 2.73. The molecule has 2 heterocycles. The smallest absolute Gasteiger partial charge is 0.229 e. The minimum Gasteiger partial charge on any atom is -0.357 e. The molecule has 0 aliphatic heterocycles. The van der Waals surface area contributed by atoms with Crippen LogP contribution in [0.3, 0.4) is 0 Å². The van der Waals surface area contributed by atoms with Crippen molar-refractivity contribution in [3.63, 3.8) is 0 Å². The van der Waals surface area contributed by atoms with Gasteiger partial charge in [-0.25, -0.2) is 0 Å². The fourth-order valence-corrected chi connectivity index (χ4v) is 2.19. The summed E-state index contributed by atoms with van der Waals surface area (Å²) in [5.74, 6) is 0.848. The summed E-state index contributed by atoms with van der Waals surface area (Å²) < 4.78 is 0. The van der Waals surface area contributed by atoms with Crippen molar-refractivity contribution in [2.24, 2.45) is 0 Å². The fourth-order valence-electron chi connectivity index (χ4n) is 2.03. The van der Waals surface area contributed by atoms with E-state index in [9.17, 15) is 0 Å². The first kappa shape index (κ1) is 13.5. The lowest BCUT2D eigenvalue weighted by Gasteiger charge is -2.08. The third kappa shape index (κ3) is 3.00. The summed E-state index contributed by atoms with van der Waals surface area (Å²) in [6.07, 6.45) is 1.78. The van der Waals surface area contributed by atoms with Gasteiger partial charge in [0.2, 0.25) is 17.2 Å². The van der Waals surface area contributed by atoms with E-state index < -0.39 is 0 Å². The average molecular weight is 301 g/mol. The van der Waals surface area contributed by atoms with E-state index in [4.69, 9.17) is 11.6 Å². The van der Waals surface area contributed by atoms with Crippen LogP contribution in [0.1, 0.15) is 5.56 Å². The predicted molar refractivity (Wildman–Crippen MR) is 83.5 cm³/mol. The highest BCUT2D eigenvalue weighted by atomic mass is 35.5. The van der Waals surface area contributed by atoms with E-state index >= 15 is 0 Å². The zero-order valence-corrected chi connectivity index (χ0v) is 12.1. The molecule has 7 heteroatoms. The molecule has 0 aliphatic rings. The van der Waals surface area contributed by atoms with E-state index in [2.05, 4.69) is 30.6 Å². The molecular weight excluding hydrogens is 288 g/mol. The first-order chi connectivity index (χ1) is 10.3. The molecule has 0 atom stereocenters. The fraction of sp³-hybridized carbons (Fsp3) is 0.143. The molecule has 2 N–H and O–H groups in total. The highest BCUT2D eigenvalue weighted by molar-refractivity contribution is 6.28. The quantitative estimate of drug-likeness (QED) is 0.771. The second kappa shape index (κ2) is 5.88. The Balaban J connectivity index is 1.85. The number of hydrogen-bond acceptors (Lipinski definition) is 6. The van der Waals surface area contributed by atoms with E-state index in [1.54, 1.807) is 13.2 Å². The monoisotopic (exact) mass is 300 g/mol. The van der Waals surface area contributed by atoms with Crippen LogP contribution in [0.2, 0.25) is 5.28 Å². The zero-order chi connectivity index (χ0) is 14.7. The third-order valence-corrected chi connectivity index (χ3v) is 3.15. The molecule has 0 spiro atoms. The van der Waals surface area contributed by atoms with E-state index in [-0.39, 0.29) is 5.28 Å². The van der Waals surface area contributed by atoms with Crippen LogP contribution in [0.4, 0.5) is 11.9 Å². The number of benzene rings is 1. The minimum atomic E-state index is 0.146. The van der Waals surface area contributed by atoms with E-state index in [0.717, 1.165) is 16.5 Å². The number of rotatable bonds is 4. The minimum absolute atomic E-state index is 0.146. The van der Waals surface area contributed by atoms with Gasteiger partial charge in [-0.1, -0.05) is 24.3 Å². The molecule has 0 unspecified atom stereocenters. The summed E-state index contributed by atoms with van der Waals surface area (Å²) in [6.45, 7) is 0.553. The van der Waals surface area contributed by atoms with Crippen LogP contribution in [-0.4, -0.2) is 27.0 Å². The van der Waals surface area contributed by atoms with Gasteiger partial charge >= 0.3 is 0 Å². The van der Waals surface area contributed by atoms with Crippen LogP contribution in [0.25, 0.3) is 10.9 Å². The van der Waals surface area contributed by atoms with Gasteiger partial charge in [-0.3, -0.25) is 4.98 Å². The number of pyridine rings is 1. The van der Waals surface area contributed by atoms with Gasteiger partial charge in [-0.05, 0) is 23.2 Å². The van der Waals surface area contributed by atoms with E-state index in [0.29, 0.717) is 18.4 Å². The van der Waals surface area contributed by atoms with Gasteiger partial charge in [-0.15, -0.1) is 0 Å². The molecule has 21 heavy (non-hydrogen) atoms.